The van der Waals surface area contributed by atoms with Gasteiger partial charge in [-0.2, -0.15) is 0 Å². The van der Waals surface area contributed by atoms with Gasteiger partial charge in [-0.3, -0.25) is 0 Å². The molecule has 58 valence electrons. The number of aldehydes is 1. The van der Waals surface area contributed by atoms with Crippen LogP contribution in [0, 0.1) is 5.92 Å². The molecule has 1 atom stereocenters. The Morgan fingerprint density at radius 1 is 1.40 bits per heavy atom. The Morgan fingerprint density at radius 2 is 2.30 bits per heavy atom. The van der Waals surface area contributed by atoms with E-state index in [1.54, 1.807) is 0 Å². The Hall–Kier alpha value is -0.370. The molecule has 0 aliphatic carbocycles. The van der Waals surface area contributed by atoms with Gasteiger partial charge in [0.1, 0.15) is 6.29 Å². The zero-order valence-corrected chi connectivity index (χ0v) is 6.31. The van der Waals surface area contributed by atoms with Crippen molar-refractivity contribution in [2.45, 2.75) is 25.7 Å². The third-order valence-corrected chi connectivity index (χ3v) is 2.12. The second-order valence-electron chi connectivity index (χ2n) is 2.95. The van der Waals surface area contributed by atoms with Gasteiger partial charge in [0.15, 0.2) is 0 Å². The average molecular weight is 141 g/mol. The first-order chi connectivity index (χ1) is 4.93. The van der Waals surface area contributed by atoms with Crippen LogP contribution in [0.2, 0.25) is 0 Å². The lowest BCUT2D eigenvalue weighted by molar-refractivity contribution is -0.108. The van der Waals surface area contributed by atoms with Crippen molar-refractivity contribution in [3.63, 3.8) is 0 Å². The van der Waals surface area contributed by atoms with E-state index in [0.717, 1.165) is 25.8 Å². The third-order valence-electron chi connectivity index (χ3n) is 2.12. The first kappa shape index (κ1) is 7.73. The molecule has 0 aromatic carbocycles. The molecule has 0 radical (unpaired) electrons. The molecule has 0 saturated carbocycles. The molecule has 2 nitrogen and oxygen atoms in total. The molecule has 1 saturated heterocycles. The van der Waals surface area contributed by atoms with E-state index in [9.17, 15) is 4.79 Å². The van der Waals surface area contributed by atoms with Crippen LogP contribution in [-0.4, -0.2) is 19.4 Å². The predicted octanol–water partition coefficient (Wildman–Crippen LogP) is 0.965. The van der Waals surface area contributed by atoms with Crippen LogP contribution in [0.1, 0.15) is 25.7 Å². The highest BCUT2D eigenvalue weighted by molar-refractivity contribution is 5.49. The quantitative estimate of drug-likeness (QED) is 0.580. The molecule has 1 aliphatic heterocycles. The normalized spacial score (nSPS) is 27.4. The molecule has 10 heavy (non-hydrogen) atoms. The Kier molecular flexibility index (Phi) is 3.44. The molecule has 0 aromatic heterocycles. The lowest BCUT2D eigenvalue weighted by atomic mass is 9.98. The highest BCUT2D eigenvalue weighted by Crippen LogP contribution is 2.15. The van der Waals surface area contributed by atoms with Gasteiger partial charge in [0.2, 0.25) is 0 Å². The fourth-order valence-electron chi connectivity index (χ4n) is 1.46. The molecule has 1 unspecified atom stereocenters. The number of carbonyl (C=O) groups is 1. The van der Waals surface area contributed by atoms with E-state index in [4.69, 9.17) is 0 Å². The standard InChI is InChI=1S/C8H15NO/c10-7-4-8-2-1-5-9-6-3-8/h7-9H,1-6H2. The van der Waals surface area contributed by atoms with Crippen molar-refractivity contribution >= 4 is 6.29 Å². The maximum atomic E-state index is 10.2. The lowest BCUT2D eigenvalue weighted by Crippen LogP contribution is -2.14. The summed E-state index contributed by atoms with van der Waals surface area (Å²) < 4.78 is 0. The van der Waals surface area contributed by atoms with Gasteiger partial charge in [-0.25, -0.2) is 0 Å². The van der Waals surface area contributed by atoms with Gasteiger partial charge in [-0.05, 0) is 38.3 Å². The molecule has 1 rings (SSSR count). The number of nitrogens with one attached hydrogen (secondary N) is 1. The molecule has 1 N–H and O–H groups in total. The first-order valence-corrected chi connectivity index (χ1v) is 4.08. The fraction of sp³-hybridized carbons (Fsp3) is 0.875. The number of carbonyl (C=O) groups excluding carboxylic acids is 1. The van der Waals surface area contributed by atoms with Crippen molar-refractivity contribution in [1.82, 2.24) is 5.32 Å². The smallest absolute Gasteiger partial charge is 0.120 e. The van der Waals surface area contributed by atoms with E-state index < -0.39 is 0 Å². The van der Waals surface area contributed by atoms with Crippen molar-refractivity contribution in [3.05, 3.63) is 0 Å². The topological polar surface area (TPSA) is 29.1 Å². The highest BCUT2D eigenvalue weighted by atomic mass is 16.1. The largest absolute Gasteiger partial charge is 0.317 e. The molecule has 2 heteroatoms. The lowest BCUT2D eigenvalue weighted by Gasteiger charge is -2.07. The second kappa shape index (κ2) is 4.45. The van der Waals surface area contributed by atoms with Gasteiger partial charge in [-0.15, -0.1) is 0 Å². The van der Waals surface area contributed by atoms with Gasteiger partial charge in [0, 0.05) is 6.42 Å². The van der Waals surface area contributed by atoms with Crippen LogP contribution < -0.4 is 5.32 Å². The van der Waals surface area contributed by atoms with Crippen LogP contribution >= 0.6 is 0 Å². The van der Waals surface area contributed by atoms with Gasteiger partial charge >= 0.3 is 0 Å². The molecule has 1 aliphatic rings. The van der Waals surface area contributed by atoms with Gasteiger partial charge in [-0.1, -0.05) is 0 Å². The van der Waals surface area contributed by atoms with E-state index in [1.165, 1.54) is 19.3 Å². The molecule has 0 spiro atoms. The van der Waals surface area contributed by atoms with E-state index >= 15 is 0 Å². The number of hydrogen-bond acceptors (Lipinski definition) is 2. The number of hydrogen-bond donors (Lipinski definition) is 1. The summed E-state index contributed by atoms with van der Waals surface area (Å²) in [5.41, 5.74) is 0. The Balaban J connectivity index is 2.21. The SMILES string of the molecule is O=CCC1CCCNCC1. The zero-order valence-electron chi connectivity index (χ0n) is 6.31. The molecular formula is C8H15NO. The van der Waals surface area contributed by atoms with E-state index in [0.29, 0.717) is 5.92 Å². The predicted molar refractivity (Wildman–Crippen MR) is 40.9 cm³/mol. The van der Waals surface area contributed by atoms with Gasteiger partial charge in [0.05, 0.1) is 0 Å². The highest BCUT2D eigenvalue weighted by Gasteiger charge is 2.09. The van der Waals surface area contributed by atoms with E-state index in [2.05, 4.69) is 5.32 Å². The summed E-state index contributed by atoms with van der Waals surface area (Å²) in [5.74, 6) is 0.660. The Labute approximate surface area is 62.0 Å². The second-order valence-corrected chi connectivity index (χ2v) is 2.95. The summed E-state index contributed by atoms with van der Waals surface area (Å²) in [6, 6.07) is 0. The number of rotatable bonds is 2. The van der Waals surface area contributed by atoms with Crippen molar-refractivity contribution in [1.29, 1.82) is 0 Å². The first-order valence-electron chi connectivity index (χ1n) is 4.08. The summed E-state index contributed by atoms with van der Waals surface area (Å²) in [4.78, 5) is 10.2. The average Bonchev–Trinajstić information content (AvgIpc) is 2.17. The van der Waals surface area contributed by atoms with Crippen molar-refractivity contribution in [3.8, 4) is 0 Å². The van der Waals surface area contributed by atoms with Gasteiger partial charge < -0.3 is 10.1 Å². The van der Waals surface area contributed by atoms with Gasteiger partial charge in [0.25, 0.3) is 0 Å². The Bertz CT molecular complexity index is 95.4. The zero-order chi connectivity index (χ0) is 7.23. The molecular weight excluding hydrogens is 126 g/mol. The molecule has 1 heterocycles. The van der Waals surface area contributed by atoms with Crippen molar-refractivity contribution in [2.24, 2.45) is 5.92 Å². The minimum absolute atomic E-state index is 0.660. The van der Waals surface area contributed by atoms with Crippen LogP contribution in [0.15, 0.2) is 0 Å². The summed E-state index contributed by atoms with van der Waals surface area (Å²) >= 11 is 0. The van der Waals surface area contributed by atoms with Crippen LogP contribution in [0.25, 0.3) is 0 Å². The van der Waals surface area contributed by atoms with Crippen LogP contribution in [0.4, 0.5) is 0 Å². The van der Waals surface area contributed by atoms with Crippen LogP contribution in [-0.2, 0) is 4.79 Å². The fourth-order valence-corrected chi connectivity index (χ4v) is 1.46. The monoisotopic (exact) mass is 141 g/mol. The minimum Gasteiger partial charge on any atom is -0.317 e. The van der Waals surface area contributed by atoms with E-state index in [1.807, 2.05) is 0 Å². The maximum Gasteiger partial charge on any atom is 0.120 e. The molecule has 0 bridgehead atoms. The van der Waals surface area contributed by atoms with Crippen LogP contribution in [0.5, 0.6) is 0 Å². The minimum atomic E-state index is 0.660. The third kappa shape index (κ3) is 2.48. The Morgan fingerprint density at radius 3 is 3.10 bits per heavy atom. The van der Waals surface area contributed by atoms with Crippen LogP contribution in [0.3, 0.4) is 0 Å². The maximum absolute atomic E-state index is 10.2. The summed E-state index contributed by atoms with van der Waals surface area (Å²) in [5, 5.41) is 3.32. The van der Waals surface area contributed by atoms with E-state index in [-0.39, 0.29) is 0 Å². The molecule has 0 amide bonds. The summed E-state index contributed by atoms with van der Waals surface area (Å²) in [6.45, 7) is 2.23. The molecule has 1 fully saturated rings. The summed E-state index contributed by atoms with van der Waals surface area (Å²) in [7, 11) is 0. The van der Waals surface area contributed by atoms with Crippen molar-refractivity contribution in [2.75, 3.05) is 13.1 Å². The van der Waals surface area contributed by atoms with Crippen molar-refractivity contribution < 1.29 is 4.79 Å². The molecule has 0 aromatic rings. The summed E-state index contributed by atoms with van der Waals surface area (Å²) in [6.07, 6.45) is 5.46.